The summed E-state index contributed by atoms with van der Waals surface area (Å²) in [6, 6.07) is 0.137. The molecule has 4 nitrogen and oxygen atoms in total. The summed E-state index contributed by atoms with van der Waals surface area (Å²) >= 11 is 0. The SMILES string of the molecule is CC(C)C[C@H](NC(=O)c1ccc(F)c(F)c1F)C(=O)O. The number of carbonyl (C=O) groups excluding carboxylic acids is 1. The number of rotatable bonds is 5. The molecule has 7 heteroatoms. The Balaban J connectivity index is 2.95. The first kappa shape index (κ1) is 16.0. The van der Waals surface area contributed by atoms with Crippen molar-refractivity contribution in [2.45, 2.75) is 26.3 Å². The van der Waals surface area contributed by atoms with E-state index in [0.717, 1.165) is 6.07 Å². The maximum atomic E-state index is 13.4. The molecule has 1 aromatic rings. The molecule has 1 aromatic carbocycles. The van der Waals surface area contributed by atoms with Crippen molar-refractivity contribution in [1.29, 1.82) is 0 Å². The predicted octanol–water partition coefficient (Wildman–Crippen LogP) is 2.33. The number of hydrogen-bond acceptors (Lipinski definition) is 2. The number of amides is 1. The van der Waals surface area contributed by atoms with Gasteiger partial charge in [0, 0.05) is 0 Å². The van der Waals surface area contributed by atoms with Gasteiger partial charge in [-0.25, -0.2) is 18.0 Å². The van der Waals surface area contributed by atoms with Crippen molar-refractivity contribution in [3.63, 3.8) is 0 Å². The molecular formula is C13H14F3NO3. The van der Waals surface area contributed by atoms with Crippen molar-refractivity contribution in [3.8, 4) is 0 Å². The van der Waals surface area contributed by atoms with Gasteiger partial charge in [-0.3, -0.25) is 4.79 Å². The molecule has 0 saturated heterocycles. The summed E-state index contributed by atoms with van der Waals surface area (Å²) in [7, 11) is 0. The van der Waals surface area contributed by atoms with Gasteiger partial charge in [-0.05, 0) is 24.5 Å². The van der Waals surface area contributed by atoms with Gasteiger partial charge in [0.25, 0.3) is 5.91 Å². The van der Waals surface area contributed by atoms with Crippen LogP contribution in [0, 0.1) is 23.4 Å². The minimum absolute atomic E-state index is 0.0220. The van der Waals surface area contributed by atoms with E-state index in [9.17, 15) is 22.8 Å². The lowest BCUT2D eigenvalue weighted by atomic mass is 10.0. The van der Waals surface area contributed by atoms with Crippen molar-refractivity contribution >= 4 is 11.9 Å². The second kappa shape index (κ2) is 6.40. The molecule has 0 heterocycles. The van der Waals surface area contributed by atoms with Crippen LogP contribution in [0.2, 0.25) is 0 Å². The highest BCUT2D eigenvalue weighted by atomic mass is 19.2. The van der Waals surface area contributed by atoms with Gasteiger partial charge in [0.2, 0.25) is 0 Å². The fraction of sp³-hybridized carbons (Fsp3) is 0.385. The molecule has 0 aliphatic carbocycles. The van der Waals surface area contributed by atoms with E-state index in [0.29, 0.717) is 6.07 Å². The number of carboxylic acid groups (broad SMARTS) is 1. The highest BCUT2D eigenvalue weighted by molar-refractivity contribution is 5.96. The Morgan fingerprint density at radius 1 is 1.20 bits per heavy atom. The lowest BCUT2D eigenvalue weighted by Gasteiger charge is -2.16. The number of carboxylic acids is 1. The highest BCUT2D eigenvalue weighted by Gasteiger charge is 2.25. The zero-order valence-corrected chi connectivity index (χ0v) is 10.9. The molecule has 1 amide bonds. The van der Waals surface area contributed by atoms with E-state index in [1.165, 1.54) is 0 Å². The average Bonchev–Trinajstić information content (AvgIpc) is 2.34. The molecule has 0 aromatic heterocycles. The van der Waals surface area contributed by atoms with E-state index in [2.05, 4.69) is 5.32 Å². The summed E-state index contributed by atoms with van der Waals surface area (Å²) < 4.78 is 39.2. The van der Waals surface area contributed by atoms with E-state index in [1.807, 2.05) is 0 Å². The molecule has 0 aliphatic heterocycles. The average molecular weight is 289 g/mol. The zero-order valence-electron chi connectivity index (χ0n) is 10.9. The van der Waals surface area contributed by atoms with Crippen LogP contribution in [0.25, 0.3) is 0 Å². The fourth-order valence-corrected chi connectivity index (χ4v) is 1.63. The topological polar surface area (TPSA) is 66.4 Å². The minimum atomic E-state index is -1.77. The Morgan fingerprint density at radius 2 is 1.80 bits per heavy atom. The summed E-state index contributed by atoms with van der Waals surface area (Å²) in [6.07, 6.45) is 0.131. The van der Waals surface area contributed by atoms with Gasteiger partial charge in [0.15, 0.2) is 17.5 Å². The molecule has 110 valence electrons. The van der Waals surface area contributed by atoms with Crippen molar-refractivity contribution in [2.24, 2.45) is 5.92 Å². The maximum Gasteiger partial charge on any atom is 0.326 e. The van der Waals surface area contributed by atoms with E-state index in [1.54, 1.807) is 13.8 Å². The summed E-state index contributed by atoms with van der Waals surface area (Å²) in [6.45, 7) is 3.50. The van der Waals surface area contributed by atoms with Crippen LogP contribution in [0.5, 0.6) is 0 Å². The first-order valence-electron chi connectivity index (χ1n) is 5.91. The molecular weight excluding hydrogens is 275 g/mol. The van der Waals surface area contributed by atoms with E-state index in [-0.39, 0.29) is 12.3 Å². The number of hydrogen-bond donors (Lipinski definition) is 2. The first-order chi connectivity index (χ1) is 9.23. The molecule has 0 bridgehead atoms. The van der Waals surface area contributed by atoms with Gasteiger partial charge in [-0.15, -0.1) is 0 Å². The van der Waals surface area contributed by atoms with Crippen molar-refractivity contribution < 1.29 is 27.9 Å². The van der Waals surface area contributed by atoms with E-state index in [4.69, 9.17) is 5.11 Å². The standard InChI is InChI=1S/C13H14F3NO3/c1-6(2)5-9(13(19)20)17-12(18)7-3-4-8(14)11(16)10(7)15/h3-4,6,9H,5H2,1-2H3,(H,17,18)(H,19,20)/t9-/m0/s1. The Hall–Kier alpha value is -2.05. The van der Waals surface area contributed by atoms with Gasteiger partial charge in [0.1, 0.15) is 6.04 Å². The number of carbonyl (C=O) groups is 2. The van der Waals surface area contributed by atoms with Crippen LogP contribution in [-0.4, -0.2) is 23.0 Å². The molecule has 1 atom stereocenters. The molecule has 1 rings (SSSR count). The monoisotopic (exact) mass is 289 g/mol. The summed E-state index contributed by atoms with van der Waals surface area (Å²) in [5, 5.41) is 11.0. The molecule has 0 saturated carbocycles. The molecule has 0 fully saturated rings. The van der Waals surface area contributed by atoms with Gasteiger partial charge >= 0.3 is 5.97 Å². The summed E-state index contributed by atoms with van der Waals surface area (Å²) in [5.74, 6) is -7.24. The van der Waals surface area contributed by atoms with E-state index < -0.39 is 40.9 Å². The lowest BCUT2D eigenvalue weighted by Crippen LogP contribution is -2.42. The van der Waals surface area contributed by atoms with Crippen LogP contribution >= 0.6 is 0 Å². The molecule has 0 aliphatic rings. The summed E-state index contributed by atoms with van der Waals surface area (Å²) in [5.41, 5.74) is -0.737. The third-order valence-electron chi connectivity index (χ3n) is 2.59. The second-order valence-corrected chi connectivity index (χ2v) is 4.72. The third-order valence-corrected chi connectivity index (χ3v) is 2.59. The van der Waals surface area contributed by atoms with Crippen LogP contribution < -0.4 is 5.32 Å². The van der Waals surface area contributed by atoms with Crippen molar-refractivity contribution in [1.82, 2.24) is 5.32 Å². The molecule has 20 heavy (non-hydrogen) atoms. The number of nitrogens with one attached hydrogen (secondary N) is 1. The zero-order chi connectivity index (χ0) is 15.4. The Morgan fingerprint density at radius 3 is 2.30 bits per heavy atom. The number of halogens is 3. The lowest BCUT2D eigenvalue weighted by molar-refractivity contribution is -0.139. The van der Waals surface area contributed by atoms with Gasteiger partial charge in [-0.1, -0.05) is 13.8 Å². The Bertz CT molecular complexity index is 532. The van der Waals surface area contributed by atoms with Crippen LogP contribution in [-0.2, 0) is 4.79 Å². The van der Waals surface area contributed by atoms with Crippen LogP contribution in [0.4, 0.5) is 13.2 Å². The fourth-order valence-electron chi connectivity index (χ4n) is 1.63. The highest BCUT2D eigenvalue weighted by Crippen LogP contribution is 2.15. The van der Waals surface area contributed by atoms with Gasteiger partial charge < -0.3 is 10.4 Å². The summed E-state index contributed by atoms with van der Waals surface area (Å²) in [4.78, 5) is 22.7. The predicted molar refractivity (Wildman–Crippen MR) is 64.7 cm³/mol. The third kappa shape index (κ3) is 3.72. The molecule has 2 N–H and O–H groups in total. The quantitative estimate of drug-likeness (QED) is 0.818. The normalized spacial score (nSPS) is 12.3. The molecule has 0 spiro atoms. The Kier molecular flexibility index (Phi) is 5.12. The van der Waals surface area contributed by atoms with Crippen LogP contribution in [0.3, 0.4) is 0 Å². The number of benzene rings is 1. The van der Waals surface area contributed by atoms with Crippen molar-refractivity contribution in [3.05, 3.63) is 35.1 Å². The van der Waals surface area contributed by atoms with Crippen LogP contribution in [0.1, 0.15) is 30.6 Å². The first-order valence-corrected chi connectivity index (χ1v) is 5.91. The van der Waals surface area contributed by atoms with E-state index >= 15 is 0 Å². The second-order valence-electron chi connectivity index (χ2n) is 4.72. The Labute approximate surface area is 113 Å². The molecule has 0 radical (unpaired) electrons. The smallest absolute Gasteiger partial charge is 0.326 e. The number of aliphatic carboxylic acids is 1. The van der Waals surface area contributed by atoms with Gasteiger partial charge in [0.05, 0.1) is 5.56 Å². The van der Waals surface area contributed by atoms with Crippen LogP contribution in [0.15, 0.2) is 12.1 Å². The van der Waals surface area contributed by atoms with Gasteiger partial charge in [-0.2, -0.15) is 0 Å². The minimum Gasteiger partial charge on any atom is -0.480 e. The maximum absolute atomic E-state index is 13.4. The van der Waals surface area contributed by atoms with Crippen molar-refractivity contribution in [2.75, 3.05) is 0 Å². The largest absolute Gasteiger partial charge is 0.480 e. The molecule has 0 unspecified atom stereocenters.